The molecule has 0 saturated heterocycles. The Kier molecular flexibility index (Phi) is 11.9. The van der Waals surface area contributed by atoms with Crippen molar-refractivity contribution in [3.8, 4) is 0 Å². The first-order valence-corrected chi connectivity index (χ1v) is 13.1. The van der Waals surface area contributed by atoms with Crippen molar-refractivity contribution in [2.45, 2.75) is 104 Å². The predicted octanol–water partition coefficient (Wildman–Crippen LogP) is 5.29. The van der Waals surface area contributed by atoms with Crippen LogP contribution in [0.3, 0.4) is 0 Å². The molecule has 7 nitrogen and oxygen atoms in total. The maximum Gasteiger partial charge on any atom is 0.417 e. The Morgan fingerprint density at radius 1 is 0.900 bits per heavy atom. The van der Waals surface area contributed by atoms with Crippen LogP contribution in [0.4, 0.5) is 4.79 Å². The smallest absolute Gasteiger partial charge is 0.417 e. The number of ether oxygens (including phenoxy) is 2. The Hall–Kier alpha value is -1.41. The summed E-state index contributed by atoms with van der Waals surface area (Å²) in [5.74, 6) is -1.12. The number of hydrogen-bond donors (Lipinski definition) is 0. The van der Waals surface area contributed by atoms with Gasteiger partial charge in [0.25, 0.3) is 0 Å². The zero-order valence-electron chi connectivity index (χ0n) is 20.7. The lowest BCUT2D eigenvalue weighted by Gasteiger charge is -2.42. The van der Waals surface area contributed by atoms with E-state index >= 15 is 0 Å². The molecule has 0 aliphatic heterocycles. The van der Waals surface area contributed by atoms with Crippen LogP contribution in [0, 0.1) is 0 Å². The first-order valence-electron chi connectivity index (χ1n) is 10.9. The van der Waals surface area contributed by atoms with Crippen molar-refractivity contribution >= 4 is 26.3 Å². The number of unbranched alkanes of at least 4 members (excludes halogenated alkanes) is 1. The third-order valence-electron chi connectivity index (χ3n) is 5.27. The zero-order chi connectivity index (χ0) is 23.7. The first-order chi connectivity index (χ1) is 13.7. The molecule has 0 aromatic rings. The molecule has 0 heterocycles. The molecule has 0 rings (SSSR count). The molecule has 0 N–H and O–H groups in total. The lowest BCUT2D eigenvalue weighted by atomic mass is 10.2. The van der Waals surface area contributed by atoms with E-state index in [-0.39, 0.29) is 6.42 Å². The molecule has 0 spiro atoms. The number of hydrogen-bond acceptors (Lipinski definition) is 6. The van der Waals surface area contributed by atoms with Crippen LogP contribution in [0.15, 0.2) is 0 Å². The van der Waals surface area contributed by atoms with E-state index < -0.39 is 38.4 Å². The van der Waals surface area contributed by atoms with Gasteiger partial charge in [-0.1, -0.05) is 41.5 Å². The van der Waals surface area contributed by atoms with Gasteiger partial charge in [-0.3, -0.25) is 9.59 Å². The number of imide groups is 1. The third kappa shape index (κ3) is 8.76. The van der Waals surface area contributed by atoms with Crippen LogP contribution in [0.5, 0.6) is 0 Å². The number of esters is 1. The van der Waals surface area contributed by atoms with Crippen LogP contribution in [-0.4, -0.2) is 57.0 Å². The minimum Gasteiger partial charge on any atom is -0.468 e. The van der Waals surface area contributed by atoms with Crippen molar-refractivity contribution < 1.29 is 28.3 Å². The Morgan fingerprint density at radius 2 is 1.40 bits per heavy atom. The van der Waals surface area contributed by atoms with E-state index in [1.54, 1.807) is 20.8 Å². The predicted molar refractivity (Wildman–Crippen MR) is 121 cm³/mol. The second-order valence-electron chi connectivity index (χ2n) is 9.66. The summed E-state index contributed by atoms with van der Waals surface area (Å²) in [7, 11) is -0.715. The van der Waals surface area contributed by atoms with Crippen LogP contribution in [0.25, 0.3) is 0 Å². The Bertz CT molecular complexity index is 547. The molecule has 30 heavy (non-hydrogen) atoms. The number of carbonyl (C=O) groups is 3. The van der Waals surface area contributed by atoms with Crippen molar-refractivity contribution in [3.63, 3.8) is 0 Å². The van der Waals surface area contributed by atoms with Crippen LogP contribution < -0.4 is 0 Å². The van der Waals surface area contributed by atoms with E-state index in [1.165, 1.54) is 7.11 Å². The number of rotatable bonds is 11. The molecule has 2 amide bonds. The van der Waals surface area contributed by atoms with Gasteiger partial charge in [0, 0.05) is 13.0 Å². The minimum absolute atomic E-state index is 0.138. The van der Waals surface area contributed by atoms with Crippen molar-refractivity contribution in [2.24, 2.45) is 0 Å². The van der Waals surface area contributed by atoms with E-state index in [9.17, 15) is 14.4 Å². The number of nitrogens with zero attached hydrogens (tertiary/aromatic N) is 1. The number of amides is 2. The molecule has 176 valence electrons. The highest BCUT2D eigenvalue weighted by Crippen LogP contribution is 2.42. The minimum atomic E-state index is -1.93. The molecule has 0 fully saturated rings. The van der Waals surface area contributed by atoms with Gasteiger partial charge in [0.1, 0.15) is 12.1 Å². The molecule has 0 radical (unpaired) electrons. The van der Waals surface area contributed by atoms with Crippen molar-refractivity contribution in [1.82, 2.24) is 4.90 Å². The van der Waals surface area contributed by atoms with Gasteiger partial charge in [0.05, 0.1) is 7.11 Å². The Labute approximate surface area is 183 Å². The largest absolute Gasteiger partial charge is 0.468 e. The topological polar surface area (TPSA) is 82.1 Å². The number of methoxy groups -OCH3 is 1. The second kappa shape index (κ2) is 12.4. The van der Waals surface area contributed by atoms with Gasteiger partial charge >= 0.3 is 12.1 Å². The van der Waals surface area contributed by atoms with Crippen molar-refractivity contribution in [2.75, 3.05) is 20.3 Å². The molecule has 8 heteroatoms. The fourth-order valence-electron chi connectivity index (χ4n) is 4.03. The van der Waals surface area contributed by atoms with E-state index in [2.05, 4.69) is 46.3 Å². The van der Waals surface area contributed by atoms with Crippen LogP contribution in [0.1, 0.15) is 81.6 Å². The van der Waals surface area contributed by atoms with Crippen molar-refractivity contribution in [1.29, 1.82) is 0 Å². The molecule has 0 unspecified atom stereocenters. The molecule has 0 aliphatic rings. The number of carbonyl (C=O) groups excluding carboxylic acids is 3. The standard InChI is InChI=1S/C22H43NO6Si/c1-16(2)30(17(3)4,18(5)6)28-14-12-11-13-19(24)23(15-20(25)27-10)21(26)29-22(7,8)9/h16-18H,11-15H2,1-10H3. The van der Waals surface area contributed by atoms with Gasteiger partial charge in [-0.05, 0) is 50.2 Å². The van der Waals surface area contributed by atoms with E-state index in [1.807, 2.05) is 0 Å². The Balaban J connectivity index is 4.89. The average molecular weight is 446 g/mol. The van der Waals surface area contributed by atoms with Crippen LogP contribution in [-0.2, 0) is 23.5 Å². The van der Waals surface area contributed by atoms with Gasteiger partial charge in [0.2, 0.25) is 5.91 Å². The highest BCUT2D eigenvalue weighted by atomic mass is 28.4. The molecule has 0 aromatic heterocycles. The van der Waals surface area contributed by atoms with E-state index in [4.69, 9.17) is 9.16 Å². The summed E-state index contributed by atoms with van der Waals surface area (Å²) in [5, 5.41) is 0. The van der Waals surface area contributed by atoms with Gasteiger partial charge in [0.15, 0.2) is 8.32 Å². The summed E-state index contributed by atoms with van der Waals surface area (Å²) >= 11 is 0. The highest BCUT2D eigenvalue weighted by molar-refractivity contribution is 6.77. The molecular weight excluding hydrogens is 402 g/mol. The van der Waals surface area contributed by atoms with Gasteiger partial charge in [-0.25, -0.2) is 9.69 Å². The van der Waals surface area contributed by atoms with E-state index in [0.29, 0.717) is 36.1 Å². The summed E-state index contributed by atoms with van der Waals surface area (Å²) in [4.78, 5) is 37.4. The summed E-state index contributed by atoms with van der Waals surface area (Å²) in [6.07, 6.45) is 0.588. The molecule has 0 atom stereocenters. The fourth-order valence-corrected chi connectivity index (χ4v) is 9.53. The summed E-state index contributed by atoms with van der Waals surface area (Å²) < 4.78 is 16.4. The molecule has 0 aromatic carbocycles. The first kappa shape index (κ1) is 28.6. The second-order valence-corrected chi connectivity index (χ2v) is 15.1. The monoisotopic (exact) mass is 445 g/mol. The maximum absolute atomic E-state index is 12.6. The third-order valence-corrected chi connectivity index (χ3v) is 11.4. The summed E-state index contributed by atoms with van der Waals surface area (Å²) in [6.45, 7) is 18.7. The van der Waals surface area contributed by atoms with Gasteiger partial charge < -0.3 is 13.9 Å². The quantitative estimate of drug-likeness (QED) is 0.244. The lowest BCUT2D eigenvalue weighted by Crippen LogP contribution is -2.48. The SMILES string of the molecule is COC(=O)CN(C(=O)CCCCO[Si](C(C)C)(C(C)C)C(C)C)C(=O)OC(C)(C)C. The zero-order valence-corrected chi connectivity index (χ0v) is 21.7. The van der Waals surface area contributed by atoms with Gasteiger partial charge in [-0.2, -0.15) is 0 Å². The molecule has 0 saturated carbocycles. The van der Waals surface area contributed by atoms with Gasteiger partial charge in [-0.15, -0.1) is 0 Å². The van der Waals surface area contributed by atoms with Crippen LogP contribution >= 0.6 is 0 Å². The van der Waals surface area contributed by atoms with Crippen LogP contribution in [0.2, 0.25) is 16.6 Å². The normalized spacial score (nSPS) is 12.4. The summed E-state index contributed by atoms with van der Waals surface area (Å²) in [5.41, 5.74) is 0.739. The highest BCUT2D eigenvalue weighted by Gasteiger charge is 2.44. The average Bonchev–Trinajstić information content (AvgIpc) is 2.59. The lowest BCUT2D eigenvalue weighted by molar-refractivity contribution is -0.146. The fraction of sp³-hybridized carbons (Fsp3) is 0.864. The Morgan fingerprint density at radius 3 is 1.80 bits per heavy atom. The molecule has 0 aliphatic carbocycles. The molecule has 0 bridgehead atoms. The van der Waals surface area contributed by atoms with Crippen molar-refractivity contribution in [3.05, 3.63) is 0 Å². The van der Waals surface area contributed by atoms with E-state index in [0.717, 1.165) is 4.90 Å². The molecular formula is C22H43NO6Si. The maximum atomic E-state index is 12.6. The summed E-state index contributed by atoms with van der Waals surface area (Å²) in [6, 6.07) is 0.